The van der Waals surface area contributed by atoms with Gasteiger partial charge in [0.2, 0.25) is 0 Å². The molecule has 0 aliphatic carbocycles. The van der Waals surface area contributed by atoms with E-state index in [9.17, 15) is 9.90 Å². The first kappa shape index (κ1) is 15.3. The number of hydrogen-bond acceptors (Lipinski definition) is 3. The highest BCUT2D eigenvalue weighted by Gasteiger charge is 2.37. The number of piperidine rings is 1. The van der Waals surface area contributed by atoms with Crippen molar-refractivity contribution in [1.82, 2.24) is 4.90 Å². The lowest BCUT2D eigenvalue weighted by molar-refractivity contribution is -0.0175. The van der Waals surface area contributed by atoms with Crippen molar-refractivity contribution in [3.05, 3.63) is 0 Å². The zero-order valence-electron chi connectivity index (χ0n) is 12.3. The predicted octanol–water partition coefficient (Wildman–Crippen LogP) is 2.65. The molecule has 0 aromatic rings. The van der Waals surface area contributed by atoms with E-state index < -0.39 is 5.60 Å². The van der Waals surface area contributed by atoms with Gasteiger partial charge in [-0.25, -0.2) is 4.79 Å². The van der Waals surface area contributed by atoms with Gasteiger partial charge >= 0.3 is 6.09 Å². The zero-order valence-corrected chi connectivity index (χ0v) is 12.3. The van der Waals surface area contributed by atoms with Crippen molar-refractivity contribution >= 4 is 6.09 Å². The minimum Gasteiger partial charge on any atom is -0.444 e. The molecule has 0 aromatic heterocycles. The molecule has 1 aliphatic rings. The number of ether oxygens (including phenoxy) is 1. The molecule has 1 N–H and O–H groups in total. The van der Waals surface area contributed by atoms with E-state index in [2.05, 4.69) is 13.8 Å². The van der Waals surface area contributed by atoms with Crippen molar-refractivity contribution in [3.63, 3.8) is 0 Å². The molecule has 0 saturated carbocycles. The summed E-state index contributed by atoms with van der Waals surface area (Å²) in [6.07, 6.45) is 1.76. The van der Waals surface area contributed by atoms with Crippen molar-refractivity contribution in [2.24, 2.45) is 11.8 Å². The number of aliphatic hydroxyl groups is 1. The van der Waals surface area contributed by atoms with Crippen molar-refractivity contribution in [1.29, 1.82) is 0 Å². The van der Waals surface area contributed by atoms with Crippen LogP contribution >= 0.6 is 0 Å². The molecule has 0 bridgehead atoms. The Kier molecular flexibility index (Phi) is 5.02. The number of rotatable bonds is 2. The fraction of sp³-hybridized carbons (Fsp3) is 0.929. The second-order valence-corrected chi connectivity index (χ2v) is 6.47. The van der Waals surface area contributed by atoms with E-state index in [4.69, 9.17) is 4.74 Å². The van der Waals surface area contributed by atoms with Crippen LogP contribution in [0.5, 0.6) is 0 Å². The first-order chi connectivity index (χ1) is 8.26. The van der Waals surface area contributed by atoms with E-state index in [-0.39, 0.29) is 18.7 Å². The highest BCUT2D eigenvalue weighted by atomic mass is 16.6. The Morgan fingerprint density at radius 3 is 2.50 bits per heavy atom. The number of hydrogen-bond donors (Lipinski definition) is 1. The van der Waals surface area contributed by atoms with Crippen LogP contribution in [-0.2, 0) is 4.74 Å². The molecule has 106 valence electrons. The molecular weight excluding hydrogens is 230 g/mol. The molecule has 0 radical (unpaired) electrons. The van der Waals surface area contributed by atoms with Crippen LogP contribution in [0.4, 0.5) is 4.79 Å². The maximum Gasteiger partial charge on any atom is 0.410 e. The molecular formula is C14H27NO3. The Morgan fingerprint density at radius 2 is 2.06 bits per heavy atom. The van der Waals surface area contributed by atoms with Crippen LogP contribution in [0.15, 0.2) is 0 Å². The molecule has 0 spiro atoms. The van der Waals surface area contributed by atoms with Crippen molar-refractivity contribution in [3.8, 4) is 0 Å². The van der Waals surface area contributed by atoms with Crippen molar-refractivity contribution in [2.75, 3.05) is 13.2 Å². The summed E-state index contributed by atoms with van der Waals surface area (Å²) in [5.41, 5.74) is -0.484. The monoisotopic (exact) mass is 257 g/mol. The number of nitrogens with zero attached hydrogens (tertiary/aromatic N) is 1. The first-order valence-electron chi connectivity index (χ1n) is 6.86. The standard InChI is InChI=1S/C14H27NO3/c1-10(2)11-7-6-8-15(12(11)9-16)13(17)18-14(3,4)5/h10-12,16H,6-9H2,1-5H3. The molecule has 4 nitrogen and oxygen atoms in total. The number of carbonyl (C=O) groups is 1. The molecule has 1 rings (SSSR count). The summed E-state index contributed by atoms with van der Waals surface area (Å²) in [4.78, 5) is 13.9. The summed E-state index contributed by atoms with van der Waals surface area (Å²) in [5, 5.41) is 9.58. The fourth-order valence-corrected chi connectivity index (χ4v) is 2.65. The first-order valence-corrected chi connectivity index (χ1v) is 6.86. The van der Waals surface area contributed by atoms with E-state index in [1.807, 2.05) is 20.8 Å². The van der Waals surface area contributed by atoms with Gasteiger partial charge in [0.15, 0.2) is 0 Å². The van der Waals surface area contributed by atoms with Gasteiger partial charge in [0.25, 0.3) is 0 Å². The molecule has 4 heteroatoms. The van der Waals surface area contributed by atoms with Gasteiger partial charge < -0.3 is 14.7 Å². The normalized spacial score (nSPS) is 25.4. The third-order valence-corrected chi connectivity index (χ3v) is 3.50. The van der Waals surface area contributed by atoms with Crippen LogP contribution in [0, 0.1) is 11.8 Å². The summed E-state index contributed by atoms with van der Waals surface area (Å²) >= 11 is 0. The smallest absolute Gasteiger partial charge is 0.410 e. The van der Waals surface area contributed by atoms with Gasteiger partial charge in [-0.3, -0.25) is 0 Å². The number of likely N-dealkylation sites (tertiary alicyclic amines) is 1. The molecule has 2 unspecified atom stereocenters. The third kappa shape index (κ3) is 3.87. The van der Waals surface area contributed by atoms with Crippen LogP contribution in [0.2, 0.25) is 0 Å². The molecule has 1 saturated heterocycles. The van der Waals surface area contributed by atoms with Gasteiger partial charge in [-0.05, 0) is 45.4 Å². The van der Waals surface area contributed by atoms with E-state index in [1.54, 1.807) is 4.90 Å². The maximum atomic E-state index is 12.1. The second kappa shape index (κ2) is 5.91. The summed E-state index contributed by atoms with van der Waals surface area (Å²) in [7, 11) is 0. The third-order valence-electron chi connectivity index (χ3n) is 3.50. The predicted molar refractivity (Wildman–Crippen MR) is 71.4 cm³/mol. The van der Waals surface area contributed by atoms with Gasteiger partial charge in [0.1, 0.15) is 5.60 Å². The van der Waals surface area contributed by atoms with Crippen LogP contribution in [-0.4, -0.2) is 40.9 Å². The van der Waals surface area contributed by atoms with Crippen LogP contribution in [0.25, 0.3) is 0 Å². The SMILES string of the molecule is CC(C)C1CCCN(C(=O)OC(C)(C)C)C1CO. The second-order valence-electron chi connectivity index (χ2n) is 6.47. The fourth-order valence-electron chi connectivity index (χ4n) is 2.65. The Morgan fingerprint density at radius 1 is 1.44 bits per heavy atom. The Bertz CT molecular complexity index is 283. The maximum absolute atomic E-state index is 12.1. The van der Waals surface area contributed by atoms with E-state index in [0.717, 1.165) is 12.8 Å². The van der Waals surface area contributed by atoms with Gasteiger partial charge in [-0.1, -0.05) is 13.8 Å². The van der Waals surface area contributed by atoms with Gasteiger partial charge in [0, 0.05) is 6.54 Å². The van der Waals surface area contributed by atoms with Crippen LogP contribution < -0.4 is 0 Å². The minimum atomic E-state index is -0.484. The van der Waals surface area contributed by atoms with Crippen molar-refractivity contribution in [2.45, 2.75) is 59.1 Å². The lowest BCUT2D eigenvalue weighted by atomic mass is 9.81. The summed E-state index contributed by atoms with van der Waals surface area (Å²) in [6.45, 7) is 10.6. The van der Waals surface area contributed by atoms with Gasteiger partial charge in [-0.2, -0.15) is 0 Å². The molecule has 18 heavy (non-hydrogen) atoms. The van der Waals surface area contributed by atoms with Crippen LogP contribution in [0.1, 0.15) is 47.5 Å². The molecule has 1 fully saturated rings. The highest BCUT2D eigenvalue weighted by molar-refractivity contribution is 5.68. The lowest BCUT2D eigenvalue weighted by Crippen LogP contribution is -2.53. The molecule has 1 aliphatic heterocycles. The average Bonchev–Trinajstić information content (AvgIpc) is 2.25. The molecule has 1 amide bonds. The Balaban J connectivity index is 2.76. The summed E-state index contributed by atoms with van der Waals surface area (Å²) in [6, 6.07) is -0.103. The highest BCUT2D eigenvalue weighted by Crippen LogP contribution is 2.30. The lowest BCUT2D eigenvalue weighted by Gasteiger charge is -2.42. The number of aliphatic hydroxyl groups excluding tert-OH is 1. The Hall–Kier alpha value is -0.770. The molecule has 2 atom stereocenters. The topological polar surface area (TPSA) is 49.8 Å². The average molecular weight is 257 g/mol. The Labute approximate surface area is 110 Å². The summed E-state index contributed by atoms with van der Waals surface area (Å²) in [5.74, 6) is 0.823. The minimum absolute atomic E-state index is 0.0160. The van der Waals surface area contributed by atoms with Gasteiger partial charge in [0.05, 0.1) is 12.6 Å². The molecule has 1 heterocycles. The van der Waals surface area contributed by atoms with Crippen LogP contribution in [0.3, 0.4) is 0 Å². The van der Waals surface area contributed by atoms with Gasteiger partial charge in [-0.15, -0.1) is 0 Å². The van der Waals surface area contributed by atoms with Crippen molar-refractivity contribution < 1.29 is 14.6 Å². The number of carbonyl (C=O) groups excluding carboxylic acids is 1. The van der Waals surface area contributed by atoms with E-state index in [0.29, 0.717) is 18.4 Å². The van der Waals surface area contributed by atoms with E-state index in [1.165, 1.54) is 0 Å². The van der Waals surface area contributed by atoms with E-state index >= 15 is 0 Å². The summed E-state index contributed by atoms with van der Waals surface area (Å²) < 4.78 is 5.41. The zero-order chi connectivity index (χ0) is 13.9. The largest absolute Gasteiger partial charge is 0.444 e. The molecule has 0 aromatic carbocycles. The quantitative estimate of drug-likeness (QED) is 0.827. The number of amides is 1.